The summed E-state index contributed by atoms with van der Waals surface area (Å²) in [5.74, 6) is -0.114. The van der Waals surface area contributed by atoms with E-state index in [1.165, 1.54) is 22.7 Å². The van der Waals surface area contributed by atoms with Crippen LogP contribution in [0.2, 0.25) is 0 Å². The quantitative estimate of drug-likeness (QED) is 0.725. The topological polar surface area (TPSA) is 87.0 Å². The zero-order valence-corrected chi connectivity index (χ0v) is 12.9. The normalized spacial score (nSPS) is 21.5. The zero-order chi connectivity index (χ0) is 14.8. The second-order valence-electron chi connectivity index (χ2n) is 5.25. The minimum Gasteiger partial charge on any atom is -0.338 e. The highest BCUT2D eigenvalue weighted by Gasteiger charge is 2.35. The van der Waals surface area contributed by atoms with Crippen LogP contribution < -0.4 is 5.73 Å². The Morgan fingerprint density at radius 3 is 2.11 bits per heavy atom. The molecule has 0 spiro atoms. The summed E-state index contributed by atoms with van der Waals surface area (Å²) in [5, 5.41) is 0. The van der Waals surface area contributed by atoms with Gasteiger partial charge in [-0.15, -0.1) is 0 Å². The zero-order valence-electron chi connectivity index (χ0n) is 12.1. The van der Waals surface area contributed by atoms with Crippen molar-refractivity contribution in [3.63, 3.8) is 0 Å². The van der Waals surface area contributed by atoms with Gasteiger partial charge in [0, 0.05) is 40.3 Å². The fourth-order valence-electron chi connectivity index (χ4n) is 1.87. The van der Waals surface area contributed by atoms with E-state index < -0.39 is 15.7 Å². The van der Waals surface area contributed by atoms with Gasteiger partial charge in [0.15, 0.2) is 0 Å². The molecule has 112 valence electrons. The maximum absolute atomic E-state index is 12.2. The van der Waals surface area contributed by atoms with Gasteiger partial charge >= 0.3 is 0 Å². The molecule has 1 atom stereocenters. The third-order valence-electron chi connectivity index (χ3n) is 3.54. The van der Waals surface area contributed by atoms with Crippen LogP contribution in [0.15, 0.2) is 0 Å². The van der Waals surface area contributed by atoms with Crippen molar-refractivity contribution < 1.29 is 13.2 Å². The second-order valence-corrected chi connectivity index (χ2v) is 7.39. The molecule has 19 heavy (non-hydrogen) atoms. The average Bonchev–Trinajstić information content (AvgIpc) is 2.37. The van der Waals surface area contributed by atoms with Gasteiger partial charge in [0.25, 0.3) is 10.2 Å². The molecule has 0 aromatic carbocycles. The van der Waals surface area contributed by atoms with Crippen LogP contribution in [-0.4, -0.2) is 73.6 Å². The lowest BCUT2D eigenvalue weighted by Crippen LogP contribution is -2.59. The molecule has 1 aliphatic rings. The number of nitrogens with zero attached hydrogens (tertiary/aromatic N) is 3. The molecule has 1 saturated heterocycles. The van der Waals surface area contributed by atoms with Crippen LogP contribution in [0.3, 0.4) is 0 Å². The first-order valence-electron chi connectivity index (χ1n) is 6.38. The van der Waals surface area contributed by atoms with Gasteiger partial charge < -0.3 is 10.6 Å². The maximum atomic E-state index is 12.2. The van der Waals surface area contributed by atoms with Crippen LogP contribution >= 0.6 is 0 Å². The fraction of sp³-hybridized carbons (Fsp3) is 0.909. The van der Waals surface area contributed by atoms with Gasteiger partial charge in [-0.1, -0.05) is 6.92 Å². The predicted octanol–water partition coefficient (Wildman–Crippen LogP) is -0.936. The Bertz CT molecular complexity index is 425. The number of carbonyl (C=O) groups is 1. The van der Waals surface area contributed by atoms with E-state index in [1.807, 2.05) is 6.92 Å². The molecule has 8 heteroatoms. The first-order chi connectivity index (χ1) is 8.63. The lowest BCUT2D eigenvalue weighted by Gasteiger charge is -2.38. The molecule has 1 aliphatic heterocycles. The summed E-state index contributed by atoms with van der Waals surface area (Å²) in [6.45, 7) is 4.97. The second kappa shape index (κ2) is 5.74. The molecule has 1 rings (SSSR count). The van der Waals surface area contributed by atoms with Crippen molar-refractivity contribution in [3.05, 3.63) is 0 Å². The number of hydrogen-bond acceptors (Lipinski definition) is 4. The number of carbonyl (C=O) groups excluding carboxylic acids is 1. The van der Waals surface area contributed by atoms with Crippen LogP contribution in [-0.2, 0) is 15.0 Å². The van der Waals surface area contributed by atoms with Gasteiger partial charge in [-0.25, -0.2) is 0 Å². The van der Waals surface area contributed by atoms with Crippen molar-refractivity contribution in [2.45, 2.75) is 25.8 Å². The number of hydrogen-bond donors (Lipinski definition) is 1. The van der Waals surface area contributed by atoms with E-state index in [4.69, 9.17) is 5.73 Å². The van der Waals surface area contributed by atoms with E-state index in [2.05, 4.69) is 0 Å². The largest absolute Gasteiger partial charge is 0.338 e. The van der Waals surface area contributed by atoms with Crippen LogP contribution in [0.4, 0.5) is 0 Å². The van der Waals surface area contributed by atoms with E-state index in [0.717, 1.165) is 0 Å². The van der Waals surface area contributed by atoms with E-state index in [9.17, 15) is 13.2 Å². The molecule has 1 heterocycles. The van der Waals surface area contributed by atoms with E-state index in [0.29, 0.717) is 32.6 Å². The van der Waals surface area contributed by atoms with Gasteiger partial charge in [-0.2, -0.15) is 17.0 Å². The first-order valence-corrected chi connectivity index (χ1v) is 7.78. The van der Waals surface area contributed by atoms with Gasteiger partial charge in [0.2, 0.25) is 5.91 Å². The van der Waals surface area contributed by atoms with Crippen molar-refractivity contribution >= 4 is 16.1 Å². The third-order valence-corrected chi connectivity index (χ3v) is 5.48. The van der Waals surface area contributed by atoms with E-state index in [-0.39, 0.29) is 5.91 Å². The highest BCUT2D eigenvalue weighted by atomic mass is 32.2. The molecule has 0 aliphatic carbocycles. The van der Waals surface area contributed by atoms with E-state index in [1.54, 1.807) is 11.8 Å². The number of piperazine rings is 1. The van der Waals surface area contributed by atoms with E-state index >= 15 is 0 Å². The third kappa shape index (κ3) is 3.44. The molecule has 2 N–H and O–H groups in total. The molecular formula is C11H24N4O3S. The standard InChI is InChI=1S/C11H24N4O3S/c1-5-11(2,12)10(16)14-6-8-15(9-7-14)19(17,18)13(3)4/h5-9,12H2,1-4H3. The summed E-state index contributed by atoms with van der Waals surface area (Å²) < 4.78 is 26.4. The summed E-state index contributed by atoms with van der Waals surface area (Å²) in [6.07, 6.45) is 0.558. The first kappa shape index (κ1) is 16.4. The molecule has 0 aromatic heterocycles. The SMILES string of the molecule is CCC(C)(N)C(=O)N1CCN(S(=O)(=O)N(C)C)CC1. The molecule has 0 radical (unpaired) electrons. The van der Waals surface area contributed by atoms with Crippen LogP contribution in [0.1, 0.15) is 20.3 Å². The molecule has 0 bridgehead atoms. The Balaban J connectivity index is 2.67. The average molecular weight is 292 g/mol. The smallest absolute Gasteiger partial charge is 0.281 e. The Morgan fingerprint density at radius 1 is 1.26 bits per heavy atom. The Morgan fingerprint density at radius 2 is 1.74 bits per heavy atom. The molecule has 7 nitrogen and oxygen atoms in total. The minimum atomic E-state index is -3.39. The molecule has 0 aromatic rings. The number of amides is 1. The number of rotatable bonds is 4. The van der Waals surface area contributed by atoms with Gasteiger partial charge in [-0.3, -0.25) is 4.79 Å². The summed E-state index contributed by atoms with van der Waals surface area (Å²) >= 11 is 0. The van der Waals surface area contributed by atoms with Gasteiger partial charge in [0.1, 0.15) is 0 Å². The summed E-state index contributed by atoms with van der Waals surface area (Å²) in [4.78, 5) is 13.8. The minimum absolute atomic E-state index is 0.114. The van der Waals surface area contributed by atoms with Crippen molar-refractivity contribution in [2.24, 2.45) is 5.73 Å². The van der Waals surface area contributed by atoms with Crippen molar-refractivity contribution in [2.75, 3.05) is 40.3 Å². The van der Waals surface area contributed by atoms with Crippen molar-refractivity contribution in [3.8, 4) is 0 Å². The maximum Gasteiger partial charge on any atom is 0.281 e. The summed E-state index contributed by atoms with van der Waals surface area (Å²) in [5.41, 5.74) is 5.06. The Labute approximate surface area is 115 Å². The van der Waals surface area contributed by atoms with Crippen LogP contribution in [0.25, 0.3) is 0 Å². The fourth-order valence-corrected chi connectivity index (χ4v) is 2.95. The highest BCUT2D eigenvalue weighted by molar-refractivity contribution is 7.86. The molecule has 1 amide bonds. The van der Waals surface area contributed by atoms with Crippen molar-refractivity contribution in [1.82, 2.24) is 13.5 Å². The number of nitrogens with two attached hydrogens (primary N) is 1. The van der Waals surface area contributed by atoms with Gasteiger partial charge in [0.05, 0.1) is 5.54 Å². The lowest BCUT2D eigenvalue weighted by molar-refractivity contribution is -0.137. The molecule has 1 fully saturated rings. The van der Waals surface area contributed by atoms with Gasteiger partial charge in [-0.05, 0) is 13.3 Å². The monoisotopic (exact) mass is 292 g/mol. The molecular weight excluding hydrogens is 268 g/mol. The predicted molar refractivity (Wildman–Crippen MR) is 73.6 cm³/mol. The molecule has 1 unspecified atom stereocenters. The summed E-state index contributed by atoms with van der Waals surface area (Å²) in [7, 11) is -0.391. The highest BCUT2D eigenvalue weighted by Crippen LogP contribution is 2.14. The van der Waals surface area contributed by atoms with Crippen molar-refractivity contribution in [1.29, 1.82) is 0 Å². The Hall–Kier alpha value is -0.700. The molecule has 0 saturated carbocycles. The lowest BCUT2D eigenvalue weighted by atomic mass is 9.98. The van der Waals surface area contributed by atoms with Crippen LogP contribution in [0, 0.1) is 0 Å². The van der Waals surface area contributed by atoms with Crippen LogP contribution in [0.5, 0.6) is 0 Å². The summed E-state index contributed by atoms with van der Waals surface area (Å²) in [6, 6.07) is 0. The Kier molecular flexibility index (Phi) is 4.94.